The van der Waals surface area contributed by atoms with Crippen LogP contribution in [0.3, 0.4) is 0 Å². The number of carbonyl (C=O) groups is 1. The minimum absolute atomic E-state index is 0.145. The van der Waals surface area contributed by atoms with Crippen molar-refractivity contribution in [3.63, 3.8) is 0 Å². The van der Waals surface area contributed by atoms with Gasteiger partial charge >= 0.3 is 0 Å². The number of nitrogens with zero attached hydrogens (tertiary/aromatic N) is 1. The number of fused-ring (bicyclic) bond motifs is 1. The van der Waals surface area contributed by atoms with Crippen LogP contribution < -0.4 is 0 Å². The fourth-order valence-electron chi connectivity index (χ4n) is 2.04. The van der Waals surface area contributed by atoms with E-state index in [-0.39, 0.29) is 11.2 Å². The Hall–Kier alpha value is -1.52. The van der Waals surface area contributed by atoms with Gasteiger partial charge in [0.2, 0.25) is 0 Å². The lowest BCUT2D eigenvalue weighted by Gasteiger charge is -2.16. The van der Waals surface area contributed by atoms with E-state index in [9.17, 15) is 4.79 Å². The second-order valence-corrected chi connectivity index (χ2v) is 7.71. The number of rotatable bonds is 2. The number of para-hydroxylation sites is 1. The van der Waals surface area contributed by atoms with Crippen LogP contribution in [0.2, 0.25) is 0 Å². The average molecular weight is 301 g/mol. The van der Waals surface area contributed by atoms with Crippen molar-refractivity contribution in [2.45, 2.75) is 20.8 Å². The molecule has 0 aliphatic carbocycles. The number of thiazole rings is 1. The number of hydrogen-bond acceptors (Lipinski definition) is 4. The molecule has 0 unspecified atom stereocenters. The van der Waals surface area contributed by atoms with Crippen LogP contribution in [-0.4, -0.2) is 10.8 Å². The van der Waals surface area contributed by atoms with Crippen LogP contribution in [0, 0.1) is 5.41 Å². The van der Waals surface area contributed by atoms with Crippen LogP contribution in [0.5, 0.6) is 0 Å². The van der Waals surface area contributed by atoms with Crippen LogP contribution in [0.4, 0.5) is 0 Å². The molecule has 2 heterocycles. The summed E-state index contributed by atoms with van der Waals surface area (Å²) in [5.74, 6) is 0.145. The second-order valence-electron chi connectivity index (χ2n) is 5.73. The summed E-state index contributed by atoms with van der Waals surface area (Å²) in [6.45, 7) is 5.84. The molecule has 0 spiro atoms. The van der Waals surface area contributed by atoms with Crippen LogP contribution in [-0.2, 0) is 0 Å². The van der Waals surface area contributed by atoms with Gasteiger partial charge in [-0.1, -0.05) is 32.9 Å². The Bertz CT molecular complexity index is 763. The molecular weight excluding hydrogens is 286 g/mol. The highest BCUT2D eigenvalue weighted by Gasteiger charge is 2.25. The molecule has 0 N–H and O–H groups in total. The van der Waals surface area contributed by atoms with Gasteiger partial charge in [-0.25, -0.2) is 4.98 Å². The van der Waals surface area contributed by atoms with Crippen LogP contribution >= 0.6 is 22.7 Å². The molecule has 0 aliphatic heterocycles. The Balaban J connectivity index is 2.18. The summed E-state index contributed by atoms with van der Waals surface area (Å²) in [6.07, 6.45) is 0. The van der Waals surface area contributed by atoms with Crippen molar-refractivity contribution in [2.75, 3.05) is 0 Å². The normalized spacial score (nSPS) is 11.9. The highest BCUT2D eigenvalue weighted by atomic mass is 32.1. The fraction of sp³-hybridized carbons (Fsp3) is 0.250. The van der Waals surface area contributed by atoms with Gasteiger partial charge in [-0.05, 0) is 23.6 Å². The number of benzene rings is 1. The van der Waals surface area contributed by atoms with Crippen molar-refractivity contribution in [3.8, 4) is 9.88 Å². The van der Waals surface area contributed by atoms with E-state index < -0.39 is 0 Å². The van der Waals surface area contributed by atoms with Gasteiger partial charge in [-0.2, -0.15) is 0 Å². The minimum atomic E-state index is -0.388. The highest BCUT2D eigenvalue weighted by Crippen LogP contribution is 2.35. The third-order valence-electron chi connectivity index (χ3n) is 3.08. The first-order valence-electron chi connectivity index (χ1n) is 6.45. The van der Waals surface area contributed by atoms with Crippen LogP contribution in [0.25, 0.3) is 20.1 Å². The first kappa shape index (κ1) is 13.5. The van der Waals surface area contributed by atoms with E-state index in [0.29, 0.717) is 0 Å². The summed E-state index contributed by atoms with van der Waals surface area (Å²) in [5.41, 5.74) is 1.18. The summed E-state index contributed by atoms with van der Waals surface area (Å²) in [6, 6.07) is 9.94. The lowest BCUT2D eigenvalue weighted by atomic mass is 9.86. The monoisotopic (exact) mass is 301 g/mol. The molecule has 0 atom stereocenters. The smallest absolute Gasteiger partial charge is 0.170 e. The van der Waals surface area contributed by atoms with Crippen molar-refractivity contribution < 1.29 is 4.79 Å². The molecule has 0 amide bonds. The summed E-state index contributed by atoms with van der Waals surface area (Å²) < 4.78 is 1.07. The Morgan fingerprint density at radius 3 is 2.60 bits per heavy atom. The molecule has 0 aliphatic rings. The number of carbonyl (C=O) groups excluding carboxylic acids is 1. The van der Waals surface area contributed by atoms with E-state index >= 15 is 0 Å². The largest absolute Gasteiger partial charge is 0.294 e. The summed E-state index contributed by atoms with van der Waals surface area (Å²) >= 11 is 3.32. The molecule has 2 aromatic heterocycles. The quantitative estimate of drug-likeness (QED) is 0.605. The Morgan fingerprint density at radius 1 is 1.15 bits per heavy atom. The predicted octanol–water partition coefficient (Wildman–Crippen LogP) is 5.25. The maximum absolute atomic E-state index is 12.5. The molecule has 0 fully saturated rings. The average Bonchev–Trinajstić information content (AvgIpc) is 3.04. The minimum Gasteiger partial charge on any atom is -0.294 e. The molecule has 3 aromatic rings. The van der Waals surface area contributed by atoms with E-state index in [1.807, 2.05) is 50.4 Å². The van der Waals surface area contributed by atoms with E-state index in [1.165, 1.54) is 0 Å². The zero-order chi connectivity index (χ0) is 14.3. The van der Waals surface area contributed by atoms with Crippen LogP contribution in [0.1, 0.15) is 31.1 Å². The molecule has 102 valence electrons. The molecule has 0 saturated carbocycles. The molecular formula is C16H15NOS2. The molecule has 4 heteroatoms. The molecule has 2 nitrogen and oxygen atoms in total. The molecule has 20 heavy (non-hydrogen) atoms. The SMILES string of the molecule is CC(C)(C)C(=O)c1cccc2sc(-c3cccs3)nc12. The lowest BCUT2D eigenvalue weighted by molar-refractivity contribution is 0.0860. The third kappa shape index (κ3) is 2.30. The number of thiophene rings is 1. The van der Waals surface area contributed by atoms with E-state index in [1.54, 1.807) is 22.7 Å². The number of ketones is 1. The van der Waals surface area contributed by atoms with Gasteiger partial charge in [-0.3, -0.25) is 4.79 Å². The maximum atomic E-state index is 12.5. The van der Waals surface area contributed by atoms with Gasteiger partial charge in [0.15, 0.2) is 5.78 Å². The molecule has 0 saturated heterocycles. The van der Waals surface area contributed by atoms with E-state index in [2.05, 4.69) is 6.07 Å². The Labute approximate surface area is 126 Å². The number of aromatic nitrogens is 1. The van der Waals surface area contributed by atoms with Crippen molar-refractivity contribution in [2.24, 2.45) is 5.41 Å². The van der Waals surface area contributed by atoms with Crippen molar-refractivity contribution in [3.05, 3.63) is 41.3 Å². The summed E-state index contributed by atoms with van der Waals surface area (Å²) in [4.78, 5) is 18.4. The molecule has 1 aromatic carbocycles. The Morgan fingerprint density at radius 2 is 1.95 bits per heavy atom. The van der Waals surface area contributed by atoms with Gasteiger partial charge in [0.1, 0.15) is 5.01 Å². The zero-order valence-corrected chi connectivity index (χ0v) is 13.3. The Kier molecular flexibility index (Phi) is 3.22. The number of hydrogen-bond donors (Lipinski definition) is 0. The zero-order valence-electron chi connectivity index (χ0n) is 11.6. The molecule has 3 rings (SSSR count). The predicted molar refractivity (Wildman–Crippen MR) is 86.7 cm³/mol. The molecule has 0 bridgehead atoms. The van der Waals surface area contributed by atoms with Gasteiger partial charge in [-0.15, -0.1) is 22.7 Å². The first-order valence-corrected chi connectivity index (χ1v) is 8.14. The van der Waals surface area contributed by atoms with Gasteiger partial charge in [0.05, 0.1) is 15.1 Å². The fourth-order valence-corrected chi connectivity index (χ4v) is 3.83. The number of Topliss-reactive ketones (excluding diaryl/α,β-unsaturated/α-hetero) is 1. The van der Waals surface area contributed by atoms with Crippen molar-refractivity contribution >= 4 is 38.7 Å². The van der Waals surface area contributed by atoms with Gasteiger partial charge in [0.25, 0.3) is 0 Å². The summed E-state index contributed by atoms with van der Waals surface area (Å²) in [7, 11) is 0. The lowest BCUT2D eigenvalue weighted by Crippen LogP contribution is -2.20. The topological polar surface area (TPSA) is 30.0 Å². The van der Waals surface area contributed by atoms with Gasteiger partial charge in [0, 0.05) is 11.0 Å². The maximum Gasteiger partial charge on any atom is 0.170 e. The second kappa shape index (κ2) is 4.79. The van der Waals surface area contributed by atoms with Crippen molar-refractivity contribution in [1.29, 1.82) is 0 Å². The van der Waals surface area contributed by atoms with Gasteiger partial charge < -0.3 is 0 Å². The molecule has 0 radical (unpaired) electrons. The first-order chi connectivity index (χ1) is 9.47. The standard InChI is InChI=1S/C16H15NOS2/c1-16(2,3)14(18)10-6-4-7-11-13(10)17-15(20-11)12-8-5-9-19-12/h4-9H,1-3H3. The highest BCUT2D eigenvalue weighted by molar-refractivity contribution is 7.25. The summed E-state index contributed by atoms with van der Waals surface area (Å²) in [5, 5.41) is 3.03. The van der Waals surface area contributed by atoms with Crippen molar-refractivity contribution in [1.82, 2.24) is 4.98 Å². The third-order valence-corrected chi connectivity index (χ3v) is 5.14. The van der Waals surface area contributed by atoms with Crippen LogP contribution in [0.15, 0.2) is 35.7 Å². The van der Waals surface area contributed by atoms with E-state index in [0.717, 1.165) is 25.7 Å². The van der Waals surface area contributed by atoms with E-state index in [4.69, 9.17) is 4.98 Å².